The van der Waals surface area contributed by atoms with Crippen molar-refractivity contribution in [1.29, 1.82) is 0 Å². The van der Waals surface area contributed by atoms with Crippen LogP contribution in [0.3, 0.4) is 0 Å². The van der Waals surface area contributed by atoms with Crippen molar-refractivity contribution in [3.05, 3.63) is 42.0 Å². The van der Waals surface area contributed by atoms with Gasteiger partial charge in [0, 0.05) is 19.3 Å². The van der Waals surface area contributed by atoms with Crippen LogP contribution in [-0.4, -0.2) is 14.7 Å². The van der Waals surface area contributed by atoms with Crippen molar-refractivity contribution in [2.24, 2.45) is 0 Å². The lowest BCUT2D eigenvalue weighted by Crippen LogP contribution is -2.22. The lowest BCUT2D eigenvalue weighted by atomic mass is 10.1. The van der Waals surface area contributed by atoms with Gasteiger partial charge in [-0.25, -0.2) is 0 Å². The number of alkyl halides is 1. The third kappa shape index (κ3) is 3.98. The predicted molar refractivity (Wildman–Crippen MR) is 87.2 cm³/mol. The van der Waals surface area contributed by atoms with Crippen LogP contribution in [0.4, 0.5) is 0 Å². The van der Waals surface area contributed by atoms with Gasteiger partial charge in [0.25, 0.3) is 0 Å². The number of hydrogen-bond donors (Lipinski definition) is 0. The summed E-state index contributed by atoms with van der Waals surface area (Å²) < 4.78 is 5.99. The summed E-state index contributed by atoms with van der Waals surface area (Å²) in [6.07, 6.45) is 0. The molecule has 2 rings (SSSR count). The molecule has 0 saturated carbocycles. The second-order valence-corrected chi connectivity index (χ2v) is 12.0. The van der Waals surface area contributed by atoms with Crippen LogP contribution < -0.4 is 4.74 Å². The first kappa shape index (κ1) is 14.4. The highest BCUT2D eigenvalue weighted by molar-refractivity contribution is 6.76. The van der Waals surface area contributed by atoms with E-state index in [1.54, 1.807) is 0 Å². The van der Waals surface area contributed by atoms with E-state index in [2.05, 4.69) is 43.9 Å². The van der Waals surface area contributed by atoms with E-state index in [-0.39, 0.29) is 0 Å². The average molecular weight is 293 g/mol. The fourth-order valence-electron chi connectivity index (χ4n) is 1.97. The molecular formula is C16H21ClOSi. The molecule has 2 aromatic carbocycles. The van der Waals surface area contributed by atoms with Gasteiger partial charge in [0.1, 0.15) is 5.75 Å². The molecule has 0 atom stereocenters. The Balaban J connectivity index is 2.22. The van der Waals surface area contributed by atoms with E-state index >= 15 is 0 Å². The van der Waals surface area contributed by atoms with Gasteiger partial charge in [0.05, 0.1) is 6.61 Å². The Morgan fingerprint density at radius 2 is 1.89 bits per heavy atom. The SMILES string of the molecule is C[Si](C)(C)CCOc1cccc2ccc(CCl)cc12. The van der Waals surface area contributed by atoms with E-state index in [0.717, 1.165) is 23.3 Å². The molecule has 0 radical (unpaired) electrons. The van der Waals surface area contributed by atoms with Gasteiger partial charge in [0.15, 0.2) is 0 Å². The predicted octanol–water partition coefficient (Wildman–Crippen LogP) is 5.30. The second-order valence-electron chi connectivity index (χ2n) is 6.10. The first-order valence-corrected chi connectivity index (χ1v) is 10.9. The van der Waals surface area contributed by atoms with Gasteiger partial charge in [-0.2, -0.15) is 0 Å². The first-order valence-electron chi connectivity index (χ1n) is 6.70. The molecule has 0 fully saturated rings. The van der Waals surface area contributed by atoms with E-state index in [4.69, 9.17) is 16.3 Å². The number of hydrogen-bond acceptors (Lipinski definition) is 1. The van der Waals surface area contributed by atoms with Crippen LogP contribution in [0.15, 0.2) is 36.4 Å². The summed E-state index contributed by atoms with van der Waals surface area (Å²) in [5.74, 6) is 1.52. The zero-order valence-corrected chi connectivity index (χ0v) is 13.6. The van der Waals surface area contributed by atoms with Gasteiger partial charge < -0.3 is 4.74 Å². The van der Waals surface area contributed by atoms with Gasteiger partial charge in [-0.3, -0.25) is 0 Å². The Morgan fingerprint density at radius 1 is 1.11 bits per heavy atom. The molecule has 3 heteroatoms. The van der Waals surface area contributed by atoms with Gasteiger partial charge in [-0.1, -0.05) is 43.9 Å². The van der Waals surface area contributed by atoms with Gasteiger partial charge in [-0.15, -0.1) is 11.6 Å². The van der Waals surface area contributed by atoms with Crippen LogP contribution >= 0.6 is 11.6 Å². The fraction of sp³-hybridized carbons (Fsp3) is 0.375. The molecule has 0 aliphatic rings. The highest BCUT2D eigenvalue weighted by Gasteiger charge is 2.13. The topological polar surface area (TPSA) is 9.23 Å². The Bertz CT molecular complexity index is 560. The van der Waals surface area contributed by atoms with Crippen molar-refractivity contribution < 1.29 is 4.74 Å². The van der Waals surface area contributed by atoms with Crippen LogP contribution in [0.1, 0.15) is 5.56 Å². The molecule has 0 unspecified atom stereocenters. The number of ether oxygens (including phenoxy) is 1. The summed E-state index contributed by atoms with van der Waals surface area (Å²) in [6.45, 7) is 7.90. The van der Waals surface area contributed by atoms with E-state index in [0.29, 0.717) is 5.88 Å². The van der Waals surface area contributed by atoms with Crippen LogP contribution in [0.2, 0.25) is 25.7 Å². The molecule has 0 heterocycles. The largest absolute Gasteiger partial charge is 0.493 e. The Kier molecular flexibility index (Phi) is 4.53. The molecule has 0 N–H and O–H groups in total. The maximum Gasteiger partial charge on any atom is 0.127 e. The zero-order valence-electron chi connectivity index (χ0n) is 11.9. The zero-order chi connectivity index (χ0) is 13.9. The minimum Gasteiger partial charge on any atom is -0.493 e. The molecule has 0 aromatic heterocycles. The third-order valence-electron chi connectivity index (χ3n) is 3.17. The van der Waals surface area contributed by atoms with Crippen LogP contribution in [-0.2, 0) is 5.88 Å². The second kappa shape index (κ2) is 5.97. The number of rotatable bonds is 5. The van der Waals surface area contributed by atoms with Crippen LogP contribution in [0.25, 0.3) is 10.8 Å². The van der Waals surface area contributed by atoms with E-state index in [9.17, 15) is 0 Å². The molecular weight excluding hydrogens is 272 g/mol. The van der Waals surface area contributed by atoms with Crippen LogP contribution in [0.5, 0.6) is 5.75 Å². The molecule has 19 heavy (non-hydrogen) atoms. The highest BCUT2D eigenvalue weighted by Crippen LogP contribution is 2.27. The smallest absolute Gasteiger partial charge is 0.127 e. The molecule has 0 aliphatic carbocycles. The summed E-state index contributed by atoms with van der Waals surface area (Å²) in [5, 5.41) is 2.37. The Labute approximate surface area is 121 Å². The molecule has 2 aromatic rings. The van der Waals surface area contributed by atoms with Crippen molar-refractivity contribution >= 4 is 30.4 Å². The maximum absolute atomic E-state index is 5.99. The standard InChI is InChI=1S/C16H21ClOSi/c1-19(2,3)10-9-18-16-6-4-5-14-8-7-13(12-17)11-15(14)16/h4-8,11H,9-10,12H2,1-3H3. The lowest BCUT2D eigenvalue weighted by molar-refractivity contribution is 0.342. The van der Waals surface area contributed by atoms with Crippen LogP contribution in [0, 0.1) is 0 Å². The summed E-state index contributed by atoms with van der Waals surface area (Å²) in [6, 6.07) is 13.7. The number of halogens is 1. The van der Waals surface area contributed by atoms with Gasteiger partial charge >= 0.3 is 0 Å². The summed E-state index contributed by atoms with van der Waals surface area (Å²) in [5.41, 5.74) is 1.13. The molecule has 102 valence electrons. The molecule has 0 saturated heterocycles. The Hall–Kier alpha value is -0.993. The highest BCUT2D eigenvalue weighted by atomic mass is 35.5. The van der Waals surface area contributed by atoms with Crippen molar-refractivity contribution in [1.82, 2.24) is 0 Å². The van der Waals surface area contributed by atoms with Gasteiger partial charge in [-0.05, 0) is 29.1 Å². The molecule has 1 nitrogen and oxygen atoms in total. The minimum atomic E-state index is -1.04. The molecule has 0 aliphatic heterocycles. The van der Waals surface area contributed by atoms with E-state index < -0.39 is 8.07 Å². The maximum atomic E-state index is 5.99. The monoisotopic (exact) mass is 292 g/mol. The first-order chi connectivity index (χ1) is 8.99. The average Bonchev–Trinajstić information content (AvgIpc) is 2.37. The van der Waals surface area contributed by atoms with E-state index in [1.807, 2.05) is 12.1 Å². The Morgan fingerprint density at radius 3 is 2.58 bits per heavy atom. The molecule has 0 amide bonds. The molecule has 0 bridgehead atoms. The van der Waals surface area contributed by atoms with Crippen molar-refractivity contribution in [2.45, 2.75) is 31.6 Å². The van der Waals surface area contributed by atoms with Crippen molar-refractivity contribution in [3.63, 3.8) is 0 Å². The minimum absolute atomic E-state index is 0.541. The quantitative estimate of drug-likeness (QED) is 0.537. The summed E-state index contributed by atoms with van der Waals surface area (Å²) >= 11 is 5.91. The van der Waals surface area contributed by atoms with Crippen molar-refractivity contribution in [3.8, 4) is 5.75 Å². The normalized spacial score (nSPS) is 11.8. The number of fused-ring (bicyclic) bond motifs is 1. The fourth-order valence-corrected chi connectivity index (χ4v) is 2.85. The van der Waals surface area contributed by atoms with Crippen molar-refractivity contribution in [2.75, 3.05) is 6.61 Å². The summed E-state index contributed by atoms with van der Waals surface area (Å²) in [7, 11) is -1.04. The molecule has 0 spiro atoms. The van der Waals surface area contributed by atoms with E-state index in [1.165, 1.54) is 11.4 Å². The van der Waals surface area contributed by atoms with Gasteiger partial charge in [0.2, 0.25) is 0 Å². The third-order valence-corrected chi connectivity index (χ3v) is 5.18. The lowest BCUT2D eigenvalue weighted by Gasteiger charge is -2.17. The summed E-state index contributed by atoms with van der Waals surface area (Å²) in [4.78, 5) is 0. The number of benzene rings is 2.